The molecule has 0 aliphatic carbocycles. The number of carbonyl (C=O) groups excluding carboxylic acids is 1. The topological polar surface area (TPSA) is 77.2 Å². The van der Waals surface area contributed by atoms with Crippen LogP contribution in [0, 0.1) is 6.92 Å². The van der Waals surface area contributed by atoms with Gasteiger partial charge in [-0.15, -0.1) is 0 Å². The number of carbonyl (C=O) groups is 1. The number of anilines is 1. The summed E-state index contributed by atoms with van der Waals surface area (Å²) in [4.78, 5) is 15.4. The zero-order valence-corrected chi connectivity index (χ0v) is 10.8. The van der Waals surface area contributed by atoms with Gasteiger partial charge in [0.2, 0.25) is 11.7 Å². The molecule has 6 nitrogen and oxygen atoms in total. The van der Waals surface area contributed by atoms with Gasteiger partial charge in [0.15, 0.2) is 0 Å². The highest BCUT2D eigenvalue weighted by Crippen LogP contribution is 2.19. The summed E-state index contributed by atoms with van der Waals surface area (Å²) in [5.74, 6) is 0.750. The van der Waals surface area contributed by atoms with Gasteiger partial charge in [-0.1, -0.05) is 17.3 Å². The average Bonchev–Trinajstić information content (AvgIpc) is 2.84. The molecule has 2 aromatic rings. The van der Waals surface area contributed by atoms with Crippen LogP contribution >= 0.6 is 0 Å². The molecule has 1 aromatic heterocycles. The molecular formula is C13H15N3O3. The van der Waals surface area contributed by atoms with Crippen LogP contribution in [0.15, 0.2) is 28.8 Å². The molecule has 2 rings (SSSR count). The molecule has 6 heteroatoms. The summed E-state index contributed by atoms with van der Waals surface area (Å²) in [7, 11) is 0. The first kappa shape index (κ1) is 13.1. The molecule has 0 bridgehead atoms. The van der Waals surface area contributed by atoms with Crippen LogP contribution in [0.5, 0.6) is 0 Å². The Morgan fingerprint density at radius 2 is 2.32 bits per heavy atom. The zero-order valence-electron chi connectivity index (χ0n) is 10.8. The predicted molar refractivity (Wildman–Crippen MR) is 69.6 cm³/mol. The van der Waals surface area contributed by atoms with E-state index in [1.807, 2.05) is 24.3 Å². The largest absolute Gasteiger partial charge is 0.465 e. The van der Waals surface area contributed by atoms with Crippen LogP contribution in [0.3, 0.4) is 0 Å². The molecule has 0 atom stereocenters. The van der Waals surface area contributed by atoms with Crippen molar-refractivity contribution in [1.29, 1.82) is 0 Å². The van der Waals surface area contributed by atoms with Crippen molar-refractivity contribution in [2.75, 3.05) is 18.5 Å². The molecule has 0 spiro atoms. The van der Waals surface area contributed by atoms with E-state index in [4.69, 9.17) is 9.26 Å². The molecule has 19 heavy (non-hydrogen) atoms. The third kappa shape index (κ3) is 3.54. The van der Waals surface area contributed by atoms with E-state index in [1.165, 1.54) is 0 Å². The number of rotatable bonds is 5. The molecule has 100 valence electrons. The molecule has 0 saturated carbocycles. The van der Waals surface area contributed by atoms with Gasteiger partial charge in [-0.05, 0) is 19.1 Å². The normalized spacial score (nSPS) is 10.2. The number of esters is 1. The molecule has 0 aliphatic heterocycles. The predicted octanol–water partition coefficient (Wildman–Crippen LogP) is 2.02. The highest BCUT2D eigenvalue weighted by Gasteiger charge is 2.07. The van der Waals surface area contributed by atoms with Crippen molar-refractivity contribution in [2.45, 2.75) is 13.8 Å². The minimum atomic E-state index is -0.289. The number of nitrogens with one attached hydrogen (secondary N) is 1. The number of ether oxygens (including phenoxy) is 1. The lowest BCUT2D eigenvalue weighted by Crippen LogP contribution is -2.16. The van der Waals surface area contributed by atoms with Gasteiger partial charge >= 0.3 is 5.97 Å². The second kappa shape index (κ2) is 5.99. The molecule has 0 amide bonds. The van der Waals surface area contributed by atoms with Gasteiger partial charge in [0.05, 0.1) is 6.61 Å². The maximum Gasteiger partial charge on any atom is 0.325 e. The molecule has 0 saturated heterocycles. The van der Waals surface area contributed by atoms with Crippen molar-refractivity contribution in [2.24, 2.45) is 0 Å². The van der Waals surface area contributed by atoms with Crippen LogP contribution in [0.25, 0.3) is 11.4 Å². The minimum Gasteiger partial charge on any atom is -0.465 e. The molecule has 1 heterocycles. The number of aryl methyl sites for hydroxylation is 1. The molecular weight excluding hydrogens is 246 g/mol. The first-order valence-electron chi connectivity index (χ1n) is 5.99. The van der Waals surface area contributed by atoms with Crippen LogP contribution in [-0.4, -0.2) is 29.3 Å². The van der Waals surface area contributed by atoms with Gasteiger partial charge in [-0.2, -0.15) is 4.98 Å². The van der Waals surface area contributed by atoms with E-state index in [9.17, 15) is 4.79 Å². The third-order valence-electron chi connectivity index (χ3n) is 2.39. The van der Waals surface area contributed by atoms with Crippen LogP contribution < -0.4 is 5.32 Å². The number of hydrogen-bond donors (Lipinski definition) is 1. The third-order valence-corrected chi connectivity index (χ3v) is 2.39. The number of hydrogen-bond acceptors (Lipinski definition) is 6. The van der Waals surface area contributed by atoms with E-state index >= 15 is 0 Å². The molecule has 0 radical (unpaired) electrons. The van der Waals surface area contributed by atoms with Crippen LogP contribution in [0.1, 0.15) is 12.8 Å². The van der Waals surface area contributed by atoms with Gasteiger partial charge < -0.3 is 14.6 Å². The molecule has 0 aliphatic rings. The zero-order chi connectivity index (χ0) is 13.7. The fraction of sp³-hybridized carbons (Fsp3) is 0.308. The Morgan fingerprint density at radius 1 is 1.47 bits per heavy atom. The molecule has 1 aromatic carbocycles. The van der Waals surface area contributed by atoms with Gasteiger partial charge in [0, 0.05) is 18.2 Å². The SMILES string of the molecule is CCOC(=O)CNc1cccc(-c2noc(C)n2)c1. The van der Waals surface area contributed by atoms with Crippen molar-refractivity contribution in [1.82, 2.24) is 10.1 Å². The van der Waals surface area contributed by atoms with E-state index in [2.05, 4.69) is 15.5 Å². The fourth-order valence-corrected chi connectivity index (χ4v) is 1.57. The average molecular weight is 261 g/mol. The lowest BCUT2D eigenvalue weighted by atomic mass is 10.2. The summed E-state index contributed by atoms with van der Waals surface area (Å²) in [6, 6.07) is 7.44. The summed E-state index contributed by atoms with van der Waals surface area (Å²) >= 11 is 0. The van der Waals surface area contributed by atoms with Crippen molar-refractivity contribution in [3.63, 3.8) is 0 Å². The standard InChI is InChI=1S/C13H15N3O3/c1-3-18-12(17)8-14-11-6-4-5-10(7-11)13-15-9(2)19-16-13/h4-7,14H,3,8H2,1-2H3. The van der Waals surface area contributed by atoms with Crippen molar-refractivity contribution >= 4 is 11.7 Å². The van der Waals surface area contributed by atoms with Gasteiger partial charge in [-0.3, -0.25) is 4.79 Å². The molecule has 0 unspecified atom stereocenters. The number of nitrogens with zero attached hydrogens (tertiary/aromatic N) is 2. The highest BCUT2D eigenvalue weighted by atomic mass is 16.5. The highest BCUT2D eigenvalue weighted by molar-refractivity contribution is 5.75. The van der Waals surface area contributed by atoms with Gasteiger partial charge in [0.1, 0.15) is 6.54 Å². The van der Waals surface area contributed by atoms with Crippen LogP contribution in [0.2, 0.25) is 0 Å². The monoisotopic (exact) mass is 261 g/mol. The van der Waals surface area contributed by atoms with E-state index in [0.717, 1.165) is 11.3 Å². The quantitative estimate of drug-likeness (QED) is 0.830. The summed E-state index contributed by atoms with van der Waals surface area (Å²) in [6.45, 7) is 4.02. The lowest BCUT2D eigenvalue weighted by Gasteiger charge is -2.06. The Balaban J connectivity index is 2.05. The van der Waals surface area contributed by atoms with Crippen molar-refractivity contribution in [3.8, 4) is 11.4 Å². The fourth-order valence-electron chi connectivity index (χ4n) is 1.57. The summed E-state index contributed by atoms with van der Waals surface area (Å²) in [5, 5.41) is 6.83. The van der Waals surface area contributed by atoms with Crippen LogP contribution in [-0.2, 0) is 9.53 Å². The maximum atomic E-state index is 11.3. The number of benzene rings is 1. The van der Waals surface area contributed by atoms with Crippen molar-refractivity contribution in [3.05, 3.63) is 30.2 Å². The Bertz CT molecular complexity index is 566. The summed E-state index contributed by atoms with van der Waals surface area (Å²) in [6.07, 6.45) is 0. The molecule has 1 N–H and O–H groups in total. The Kier molecular flexibility index (Phi) is 4.12. The summed E-state index contributed by atoms with van der Waals surface area (Å²) in [5.41, 5.74) is 1.62. The Morgan fingerprint density at radius 3 is 3.00 bits per heavy atom. The second-order valence-corrected chi connectivity index (χ2v) is 3.88. The number of aromatic nitrogens is 2. The second-order valence-electron chi connectivity index (χ2n) is 3.88. The lowest BCUT2D eigenvalue weighted by molar-refractivity contribution is -0.140. The van der Waals surface area contributed by atoms with Gasteiger partial charge in [0.25, 0.3) is 0 Å². The molecule has 0 fully saturated rings. The Hall–Kier alpha value is -2.37. The first-order chi connectivity index (χ1) is 9.19. The van der Waals surface area contributed by atoms with Crippen LogP contribution in [0.4, 0.5) is 5.69 Å². The van der Waals surface area contributed by atoms with E-state index in [-0.39, 0.29) is 12.5 Å². The van der Waals surface area contributed by atoms with Crippen molar-refractivity contribution < 1.29 is 14.1 Å². The van der Waals surface area contributed by atoms with E-state index < -0.39 is 0 Å². The Labute approximate surface area is 110 Å². The maximum absolute atomic E-state index is 11.3. The van der Waals surface area contributed by atoms with E-state index in [1.54, 1.807) is 13.8 Å². The summed E-state index contributed by atoms with van der Waals surface area (Å²) < 4.78 is 9.77. The van der Waals surface area contributed by atoms with Gasteiger partial charge in [-0.25, -0.2) is 0 Å². The minimum absolute atomic E-state index is 0.128. The first-order valence-corrected chi connectivity index (χ1v) is 5.99. The van der Waals surface area contributed by atoms with E-state index in [0.29, 0.717) is 18.3 Å². The smallest absolute Gasteiger partial charge is 0.325 e.